The van der Waals surface area contributed by atoms with Crippen LogP contribution in [-0.2, 0) is 9.71 Å². The number of hydrogen-bond acceptors (Lipinski definition) is 3. The zero-order chi connectivity index (χ0) is 23.8. The van der Waals surface area contributed by atoms with Gasteiger partial charge in [-0.25, -0.2) is 18.0 Å². The van der Waals surface area contributed by atoms with Crippen molar-refractivity contribution in [2.45, 2.75) is 20.3 Å². The zero-order valence-corrected chi connectivity index (χ0v) is 19.1. The van der Waals surface area contributed by atoms with Crippen LogP contribution < -0.4 is 4.72 Å². The zero-order valence-electron chi connectivity index (χ0n) is 18.2. The summed E-state index contributed by atoms with van der Waals surface area (Å²) in [6.07, 6.45) is 3.62. The van der Waals surface area contributed by atoms with E-state index in [0.717, 1.165) is 28.8 Å². The van der Waals surface area contributed by atoms with Crippen LogP contribution in [-0.4, -0.2) is 31.6 Å². The van der Waals surface area contributed by atoms with Gasteiger partial charge in [0, 0.05) is 44.4 Å². The molecule has 2 aromatic carbocycles. The van der Waals surface area contributed by atoms with Gasteiger partial charge >= 0.3 is 0 Å². The highest BCUT2D eigenvalue weighted by Crippen LogP contribution is 2.29. The van der Waals surface area contributed by atoms with Crippen LogP contribution in [0, 0.1) is 18.6 Å². The first-order chi connectivity index (χ1) is 15.7. The lowest BCUT2D eigenvalue weighted by molar-refractivity contribution is 0.103. The summed E-state index contributed by atoms with van der Waals surface area (Å²) < 4.78 is 44.9. The van der Waals surface area contributed by atoms with Gasteiger partial charge in [-0.3, -0.25) is 4.79 Å². The van der Waals surface area contributed by atoms with Gasteiger partial charge < -0.3 is 9.71 Å². The molecule has 0 radical (unpaired) electrons. The lowest BCUT2D eigenvalue weighted by atomic mass is 9.99. The van der Waals surface area contributed by atoms with E-state index in [4.69, 9.17) is 0 Å². The second kappa shape index (κ2) is 8.78. The number of aromatic amines is 1. The maximum atomic E-state index is 15.2. The Bertz CT molecular complexity index is 1460. The molecule has 33 heavy (non-hydrogen) atoms. The summed E-state index contributed by atoms with van der Waals surface area (Å²) in [6, 6.07) is 11.7. The van der Waals surface area contributed by atoms with Gasteiger partial charge in [0.05, 0.1) is 11.3 Å². The van der Waals surface area contributed by atoms with Crippen molar-refractivity contribution in [2.75, 3.05) is 10.5 Å². The first-order valence-corrected chi connectivity index (χ1v) is 12.3. The summed E-state index contributed by atoms with van der Waals surface area (Å²) in [7, 11) is -2.83. The topological polar surface area (TPSA) is 74.8 Å². The number of hydrogen-bond donors (Lipinski definition) is 2. The smallest absolute Gasteiger partial charge is 0.201 e. The van der Waals surface area contributed by atoms with Gasteiger partial charge in [-0.15, -0.1) is 0 Å². The van der Waals surface area contributed by atoms with Gasteiger partial charge in [-0.05, 0) is 43.0 Å². The Morgan fingerprint density at radius 3 is 2.58 bits per heavy atom. The van der Waals surface area contributed by atoms with Gasteiger partial charge in [-0.2, -0.15) is 0 Å². The van der Waals surface area contributed by atoms with Crippen LogP contribution in [0.25, 0.3) is 22.2 Å². The maximum Gasteiger partial charge on any atom is 0.201 e. The molecule has 0 spiro atoms. The minimum Gasteiger partial charge on any atom is -0.345 e. The highest BCUT2D eigenvalue weighted by Gasteiger charge is 2.25. The van der Waals surface area contributed by atoms with E-state index in [9.17, 15) is 13.4 Å². The number of rotatable bonds is 7. The Kier molecular flexibility index (Phi) is 6.03. The van der Waals surface area contributed by atoms with Crippen LogP contribution in [0.15, 0.2) is 54.9 Å². The molecule has 5 nitrogen and oxygen atoms in total. The van der Waals surface area contributed by atoms with Crippen molar-refractivity contribution in [2.24, 2.45) is 0 Å². The van der Waals surface area contributed by atoms with E-state index in [-0.39, 0.29) is 17.0 Å². The molecule has 170 valence electrons. The molecule has 1 atom stereocenters. The molecule has 4 rings (SSSR count). The van der Waals surface area contributed by atoms with Crippen molar-refractivity contribution in [3.8, 4) is 11.1 Å². The summed E-state index contributed by atoms with van der Waals surface area (Å²) >= 11 is 0. The molecule has 0 saturated heterocycles. The molecule has 0 aliphatic carbocycles. The molecule has 8 heteroatoms. The van der Waals surface area contributed by atoms with Crippen LogP contribution in [0.4, 0.5) is 14.5 Å². The number of aryl methyl sites for hydroxylation is 1. The number of carbonyl (C=O) groups excluding carboxylic acids is 1. The number of H-pyrrole nitrogens is 1. The first-order valence-electron chi connectivity index (χ1n) is 10.4. The molecule has 2 aromatic heterocycles. The first kappa shape index (κ1) is 22.7. The predicted octanol–water partition coefficient (Wildman–Crippen LogP) is 5.50. The number of anilines is 1. The Hall–Kier alpha value is -3.52. The van der Waals surface area contributed by atoms with Crippen molar-refractivity contribution < 1.29 is 17.8 Å². The summed E-state index contributed by atoms with van der Waals surface area (Å²) in [6.45, 7) is 3.80. The summed E-state index contributed by atoms with van der Waals surface area (Å²) in [5.74, 6) is 0.843. The second-order valence-corrected chi connectivity index (χ2v) is 10.2. The fraction of sp³-hybridized carbons (Fsp3) is 0.160. The molecule has 0 bridgehead atoms. The molecule has 0 fully saturated rings. The van der Waals surface area contributed by atoms with E-state index in [0.29, 0.717) is 17.5 Å². The number of nitrogens with one attached hydrogen (secondary N) is 2. The van der Waals surface area contributed by atoms with Gasteiger partial charge in [0.1, 0.15) is 11.5 Å². The number of pyridine rings is 1. The van der Waals surface area contributed by atoms with E-state index in [1.54, 1.807) is 12.3 Å². The Labute approximate surface area is 191 Å². The molecule has 1 unspecified atom stereocenters. The van der Waals surface area contributed by atoms with Gasteiger partial charge in [0.15, 0.2) is 5.82 Å². The number of benzene rings is 2. The predicted molar refractivity (Wildman–Crippen MR) is 130 cm³/mol. The highest BCUT2D eigenvalue weighted by molar-refractivity contribution is 8.01. The number of halogens is 2. The molecular weight excluding hydrogens is 444 g/mol. The number of nitrogens with zero attached hydrogens (tertiary/aromatic N) is 1. The van der Waals surface area contributed by atoms with E-state index in [2.05, 4.69) is 20.6 Å². The number of aromatic nitrogens is 2. The number of carbonyl (C=O) groups is 1. The van der Waals surface area contributed by atoms with E-state index >= 15 is 4.39 Å². The largest absolute Gasteiger partial charge is 0.345 e. The lowest BCUT2D eigenvalue weighted by Gasteiger charge is -2.14. The lowest BCUT2D eigenvalue weighted by Crippen LogP contribution is -2.18. The van der Waals surface area contributed by atoms with Crippen LogP contribution >= 0.6 is 0 Å². The summed E-state index contributed by atoms with van der Waals surface area (Å²) in [4.78, 5) is 20.5. The molecule has 0 aliphatic rings. The van der Waals surface area contributed by atoms with Crippen molar-refractivity contribution in [3.63, 3.8) is 0 Å². The van der Waals surface area contributed by atoms with Crippen LogP contribution in [0.5, 0.6) is 0 Å². The minimum absolute atomic E-state index is 0.0883. The van der Waals surface area contributed by atoms with Crippen molar-refractivity contribution in [1.29, 1.82) is 0 Å². The number of ketones is 1. The third-order valence-corrected chi connectivity index (χ3v) is 6.97. The van der Waals surface area contributed by atoms with E-state index in [1.165, 1.54) is 6.20 Å². The van der Waals surface area contributed by atoms with E-state index in [1.807, 2.05) is 38.1 Å². The van der Waals surface area contributed by atoms with Gasteiger partial charge in [0.2, 0.25) is 5.78 Å². The van der Waals surface area contributed by atoms with Crippen molar-refractivity contribution >= 4 is 38.1 Å². The Balaban J connectivity index is 1.78. The molecule has 4 aromatic rings. The molecule has 0 amide bonds. The monoisotopic (exact) mass is 467 g/mol. The average Bonchev–Trinajstić information content (AvgIpc) is 3.19. The normalized spacial score (nSPS) is 13.1. The number of fused-ring (bicyclic) bond motifs is 1. The third-order valence-electron chi connectivity index (χ3n) is 5.31. The fourth-order valence-electron chi connectivity index (χ4n) is 3.65. The van der Waals surface area contributed by atoms with Crippen molar-refractivity contribution in [3.05, 3.63) is 83.2 Å². The molecular formula is C25H23F2N3O2S. The van der Waals surface area contributed by atoms with Crippen LogP contribution in [0.1, 0.15) is 34.8 Å². The van der Waals surface area contributed by atoms with Gasteiger partial charge in [-0.1, -0.05) is 36.8 Å². The second-order valence-electron chi connectivity index (χ2n) is 7.92. The maximum absolute atomic E-state index is 15.2. The van der Waals surface area contributed by atoms with Crippen LogP contribution in [0.3, 0.4) is 0 Å². The van der Waals surface area contributed by atoms with Crippen LogP contribution in [0.2, 0.25) is 0 Å². The minimum atomic E-state index is -2.83. The molecule has 0 aliphatic heterocycles. The molecule has 0 saturated carbocycles. The standard InChI is InChI=1S/C25H23F2N3O2S/c1-4-11-33(3,32)30-21-10-9-20(26)22(23(21)27)24(31)19-14-29-25-18(19)12-17(13-28-25)16-7-5-15(2)6-8-16/h5-10,12-14H,3-4,11H2,1-2H3,(H,28,29)(H,30,32). The quantitative estimate of drug-likeness (QED) is 0.278. The molecule has 2 N–H and O–H groups in total. The average molecular weight is 468 g/mol. The highest BCUT2D eigenvalue weighted by atomic mass is 32.2. The van der Waals surface area contributed by atoms with Gasteiger partial charge in [0.25, 0.3) is 0 Å². The molecule has 2 heterocycles. The summed E-state index contributed by atoms with van der Waals surface area (Å²) in [5.41, 5.74) is 2.33. The Morgan fingerprint density at radius 1 is 1.15 bits per heavy atom. The van der Waals surface area contributed by atoms with Crippen molar-refractivity contribution in [1.82, 2.24) is 9.97 Å². The fourth-order valence-corrected chi connectivity index (χ4v) is 4.97. The Morgan fingerprint density at radius 2 is 1.88 bits per heavy atom. The van der Waals surface area contributed by atoms with E-state index < -0.39 is 32.7 Å². The summed E-state index contributed by atoms with van der Waals surface area (Å²) in [5, 5.41) is 0.446. The third kappa shape index (κ3) is 4.52. The SMILES string of the molecule is C=S(=O)(CCC)Nc1ccc(F)c(C(=O)c2c[nH]c3ncc(-c4ccc(C)cc4)cc23)c1F.